The Labute approximate surface area is 130 Å². The zero-order chi connectivity index (χ0) is 14.5. The number of aromatic nitrogens is 2. The minimum absolute atomic E-state index is 0.137. The van der Waals surface area contributed by atoms with Crippen molar-refractivity contribution >= 4 is 16.7 Å². The quantitative estimate of drug-likeness (QED) is 0.906. The maximum absolute atomic E-state index is 6.14. The number of hydrogen-bond acceptors (Lipinski definition) is 6. The van der Waals surface area contributed by atoms with Crippen LogP contribution in [0.5, 0.6) is 0 Å². The van der Waals surface area contributed by atoms with Crippen LogP contribution in [0.25, 0.3) is 0 Å². The van der Waals surface area contributed by atoms with E-state index in [4.69, 9.17) is 9.47 Å². The van der Waals surface area contributed by atoms with Gasteiger partial charge in [-0.3, -0.25) is 0 Å². The summed E-state index contributed by atoms with van der Waals surface area (Å²) in [7, 11) is 1.71. The Morgan fingerprint density at radius 3 is 3.05 bits per heavy atom. The molecule has 6 heteroatoms. The van der Waals surface area contributed by atoms with E-state index in [-0.39, 0.29) is 5.60 Å². The van der Waals surface area contributed by atoms with Crippen LogP contribution in [0.15, 0.2) is 0 Å². The molecule has 1 N–H and O–H groups in total. The van der Waals surface area contributed by atoms with Crippen LogP contribution < -0.4 is 5.32 Å². The summed E-state index contributed by atoms with van der Waals surface area (Å²) in [6.45, 7) is 1.55. The largest absolute Gasteiger partial charge is 0.384 e. The van der Waals surface area contributed by atoms with Gasteiger partial charge in [0.15, 0.2) is 0 Å². The van der Waals surface area contributed by atoms with Gasteiger partial charge in [0.1, 0.15) is 5.82 Å². The number of rotatable bonds is 5. The molecule has 5 nitrogen and oxygen atoms in total. The van der Waals surface area contributed by atoms with Crippen LogP contribution in [0, 0.1) is 0 Å². The van der Waals surface area contributed by atoms with E-state index in [2.05, 4.69) is 14.7 Å². The summed E-state index contributed by atoms with van der Waals surface area (Å²) in [5, 5.41) is 4.52. The normalized spacial score (nSPS) is 25.1. The lowest BCUT2D eigenvalue weighted by atomic mass is 9.78. The summed E-state index contributed by atoms with van der Waals surface area (Å²) < 4.78 is 15.6. The smallest absolute Gasteiger partial charge is 0.202 e. The fraction of sp³-hybridized carbons (Fsp3) is 0.867. The Kier molecular flexibility index (Phi) is 5.08. The number of nitrogens with zero attached hydrogens (tertiary/aromatic N) is 2. The van der Waals surface area contributed by atoms with Crippen LogP contribution in [-0.4, -0.2) is 41.3 Å². The molecule has 1 aromatic rings. The molecule has 1 spiro atoms. The molecule has 1 saturated carbocycles. The van der Waals surface area contributed by atoms with Gasteiger partial charge in [0.25, 0.3) is 0 Å². The van der Waals surface area contributed by atoms with Gasteiger partial charge >= 0.3 is 0 Å². The van der Waals surface area contributed by atoms with Crippen molar-refractivity contribution in [3.05, 3.63) is 5.82 Å². The average Bonchev–Trinajstić information content (AvgIpc) is 2.93. The zero-order valence-corrected chi connectivity index (χ0v) is 13.6. The first kappa shape index (κ1) is 15.2. The van der Waals surface area contributed by atoms with E-state index in [0.29, 0.717) is 12.6 Å². The molecule has 21 heavy (non-hydrogen) atoms. The van der Waals surface area contributed by atoms with Crippen LogP contribution in [0.2, 0.25) is 0 Å². The van der Waals surface area contributed by atoms with E-state index in [9.17, 15) is 0 Å². The summed E-state index contributed by atoms with van der Waals surface area (Å²) >= 11 is 1.46. The van der Waals surface area contributed by atoms with Gasteiger partial charge in [-0.05, 0) is 25.7 Å². The third kappa shape index (κ3) is 3.93. The third-order valence-electron chi connectivity index (χ3n) is 4.58. The Bertz CT molecular complexity index is 440. The highest BCUT2D eigenvalue weighted by atomic mass is 32.1. The highest BCUT2D eigenvalue weighted by Gasteiger charge is 2.38. The summed E-state index contributed by atoms with van der Waals surface area (Å²) in [5.41, 5.74) is 0.137. The van der Waals surface area contributed by atoms with Crippen molar-refractivity contribution in [3.8, 4) is 0 Å². The molecule has 0 aromatic carbocycles. The van der Waals surface area contributed by atoms with E-state index in [1.807, 2.05) is 0 Å². The Morgan fingerprint density at radius 2 is 2.24 bits per heavy atom. The van der Waals surface area contributed by atoms with Crippen molar-refractivity contribution in [3.63, 3.8) is 0 Å². The number of methoxy groups -OCH3 is 1. The van der Waals surface area contributed by atoms with Crippen molar-refractivity contribution in [2.24, 2.45) is 0 Å². The maximum atomic E-state index is 6.14. The second-order valence-corrected chi connectivity index (χ2v) is 6.94. The predicted molar refractivity (Wildman–Crippen MR) is 83.9 cm³/mol. The van der Waals surface area contributed by atoms with Gasteiger partial charge < -0.3 is 14.8 Å². The minimum atomic E-state index is 0.137. The molecule has 1 aliphatic heterocycles. The Hall–Kier alpha value is -0.720. The second kappa shape index (κ2) is 7.03. The van der Waals surface area contributed by atoms with Crippen LogP contribution >= 0.6 is 11.5 Å². The van der Waals surface area contributed by atoms with Crippen molar-refractivity contribution in [2.45, 2.75) is 63.0 Å². The molecule has 0 bridgehead atoms. The van der Waals surface area contributed by atoms with Gasteiger partial charge in [0.2, 0.25) is 5.13 Å². The predicted octanol–water partition coefficient (Wildman–Crippen LogP) is 3.02. The van der Waals surface area contributed by atoms with Gasteiger partial charge in [-0.1, -0.05) is 19.3 Å². The standard InChI is InChI=1S/C15H25N3O2S/c1-19-9-6-13-17-14(21-18-13)16-12-5-10-20-15(11-12)7-3-2-4-8-15/h12H,2-11H2,1H3,(H,16,17,18). The van der Waals surface area contributed by atoms with Crippen LogP contribution in [-0.2, 0) is 15.9 Å². The molecular weight excluding hydrogens is 286 g/mol. The van der Waals surface area contributed by atoms with Crippen molar-refractivity contribution in [2.75, 3.05) is 25.6 Å². The first-order valence-corrected chi connectivity index (χ1v) is 8.79. The molecule has 1 atom stereocenters. The maximum Gasteiger partial charge on any atom is 0.202 e. The van der Waals surface area contributed by atoms with E-state index >= 15 is 0 Å². The molecule has 1 unspecified atom stereocenters. The number of hydrogen-bond donors (Lipinski definition) is 1. The zero-order valence-electron chi connectivity index (χ0n) is 12.8. The average molecular weight is 311 g/mol. The van der Waals surface area contributed by atoms with E-state index in [1.54, 1.807) is 7.11 Å². The van der Waals surface area contributed by atoms with Gasteiger partial charge in [-0.2, -0.15) is 4.37 Å². The monoisotopic (exact) mass is 311 g/mol. The van der Waals surface area contributed by atoms with Crippen molar-refractivity contribution in [1.82, 2.24) is 9.36 Å². The van der Waals surface area contributed by atoms with E-state index < -0.39 is 0 Å². The van der Waals surface area contributed by atoms with Crippen molar-refractivity contribution < 1.29 is 9.47 Å². The Balaban J connectivity index is 1.55. The van der Waals surface area contributed by atoms with Gasteiger partial charge in [0.05, 0.1) is 12.2 Å². The van der Waals surface area contributed by atoms with Gasteiger partial charge in [0, 0.05) is 37.7 Å². The molecule has 1 aromatic heterocycles. The molecule has 3 rings (SSSR count). The van der Waals surface area contributed by atoms with Gasteiger partial charge in [-0.25, -0.2) is 4.98 Å². The van der Waals surface area contributed by atoms with Crippen LogP contribution in [0.1, 0.15) is 50.8 Å². The van der Waals surface area contributed by atoms with Crippen LogP contribution in [0.4, 0.5) is 5.13 Å². The number of nitrogens with one attached hydrogen (secondary N) is 1. The topological polar surface area (TPSA) is 56.3 Å². The summed E-state index contributed by atoms with van der Waals surface area (Å²) in [4.78, 5) is 4.55. The van der Waals surface area contributed by atoms with E-state index in [1.165, 1.54) is 43.6 Å². The molecule has 2 aliphatic rings. The minimum Gasteiger partial charge on any atom is -0.384 e. The SMILES string of the molecule is COCCc1nsc(NC2CCOC3(CCCCC3)C2)n1. The Morgan fingerprint density at radius 1 is 1.38 bits per heavy atom. The summed E-state index contributed by atoms with van der Waals surface area (Å²) in [6.07, 6.45) is 9.39. The fourth-order valence-corrected chi connectivity index (χ4v) is 4.17. The highest BCUT2D eigenvalue weighted by Crippen LogP contribution is 2.39. The lowest BCUT2D eigenvalue weighted by Gasteiger charge is -2.43. The lowest BCUT2D eigenvalue weighted by Crippen LogP contribution is -2.45. The fourth-order valence-electron chi connectivity index (χ4n) is 3.48. The molecule has 1 aliphatic carbocycles. The summed E-state index contributed by atoms with van der Waals surface area (Å²) in [6, 6.07) is 0.472. The highest BCUT2D eigenvalue weighted by molar-refractivity contribution is 7.09. The first-order valence-electron chi connectivity index (χ1n) is 8.02. The lowest BCUT2D eigenvalue weighted by molar-refractivity contribution is -0.103. The number of anilines is 1. The molecule has 0 radical (unpaired) electrons. The molecule has 0 amide bonds. The second-order valence-electron chi connectivity index (χ2n) is 6.18. The molecule has 2 heterocycles. The molecule has 1 saturated heterocycles. The molecule has 2 fully saturated rings. The van der Waals surface area contributed by atoms with Gasteiger partial charge in [-0.15, -0.1) is 0 Å². The van der Waals surface area contributed by atoms with Crippen molar-refractivity contribution in [1.29, 1.82) is 0 Å². The molecule has 118 valence electrons. The number of ether oxygens (including phenoxy) is 2. The summed E-state index contributed by atoms with van der Waals surface area (Å²) in [5.74, 6) is 0.879. The molecular formula is C15H25N3O2S. The third-order valence-corrected chi connectivity index (χ3v) is 5.27. The first-order chi connectivity index (χ1) is 10.3. The van der Waals surface area contributed by atoms with E-state index in [0.717, 1.165) is 36.8 Å². The van der Waals surface area contributed by atoms with Crippen LogP contribution in [0.3, 0.4) is 0 Å².